The van der Waals surface area contributed by atoms with Crippen molar-refractivity contribution in [3.05, 3.63) is 35.9 Å². The lowest BCUT2D eigenvalue weighted by Gasteiger charge is -2.34. The summed E-state index contributed by atoms with van der Waals surface area (Å²) in [6.07, 6.45) is 7.49. The second-order valence-electron chi connectivity index (χ2n) is 5.11. The van der Waals surface area contributed by atoms with Crippen molar-refractivity contribution < 1.29 is 0 Å². The zero-order valence-corrected chi connectivity index (χ0v) is 10.4. The van der Waals surface area contributed by atoms with E-state index in [0.29, 0.717) is 5.41 Å². The van der Waals surface area contributed by atoms with Crippen molar-refractivity contribution in [2.45, 2.75) is 38.5 Å². The number of nitrogens with two attached hydrogens (primary N) is 1. The second-order valence-corrected chi connectivity index (χ2v) is 5.11. The zero-order chi connectivity index (χ0) is 12.0. The number of benzene rings is 1. The Morgan fingerprint density at radius 2 is 1.76 bits per heavy atom. The minimum atomic E-state index is 0.306. The fourth-order valence-corrected chi connectivity index (χ4v) is 2.61. The molecule has 1 fully saturated rings. The van der Waals surface area contributed by atoms with Crippen molar-refractivity contribution in [3.8, 4) is 11.8 Å². The molecule has 2 rings (SSSR count). The third kappa shape index (κ3) is 3.35. The maximum Gasteiger partial charge on any atom is 0.0245 e. The highest BCUT2D eigenvalue weighted by Gasteiger charge is 2.29. The third-order valence-corrected chi connectivity index (χ3v) is 3.82. The molecule has 0 unspecified atom stereocenters. The van der Waals surface area contributed by atoms with Crippen LogP contribution in [0, 0.1) is 17.3 Å². The number of hydrogen-bond acceptors (Lipinski definition) is 1. The van der Waals surface area contributed by atoms with Crippen LogP contribution in [0.5, 0.6) is 0 Å². The molecule has 0 bridgehead atoms. The van der Waals surface area contributed by atoms with Gasteiger partial charge in [-0.3, -0.25) is 0 Å². The van der Waals surface area contributed by atoms with Crippen molar-refractivity contribution in [2.75, 3.05) is 6.54 Å². The molecule has 1 heteroatoms. The maximum absolute atomic E-state index is 5.95. The van der Waals surface area contributed by atoms with Crippen LogP contribution < -0.4 is 5.73 Å². The molecule has 0 atom stereocenters. The molecule has 1 aromatic rings. The van der Waals surface area contributed by atoms with Crippen LogP contribution >= 0.6 is 0 Å². The van der Waals surface area contributed by atoms with Crippen molar-refractivity contribution in [2.24, 2.45) is 11.1 Å². The van der Waals surface area contributed by atoms with E-state index >= 15 is 0 Å². The van der Waals surface area contributed by atoms with E-state index in [4.69, 9.17) is 5.73 Å². The average molecular weight is 227 g/mol. The van der Waals surface area contributed by atoms with E-state index in [2.05, 4.69) is 24.0 Å². The van der Waals surface area contributed by atoms with Crippen LogP contribution in [0.3, 0.4) is 0 Å². The van der Waals surface area contributed by atoms with Gasteiger partial charge in [-0.05, 0) is 36.9 Å². The largest absolute Gasteiger partial charge is 0.330 e. The molecule has 0 aromatic heterocycles. The molecule has 0 amide bonds. The summed E-state index contributed by atoms with van der Waals surface area (Å²) >= 11 is 0. The van der Waals surface area contributed by atoms with Gasteiger partial charge in [0, 0.05) is 12.0 Å². The van der Waals surface area contributed by atoms with Crippen LogP contribution in [0.2, 0.25) is 0 Å². The number of rotatable bonds is 2. The first-order chi connectivity index (χ1) is 8.35. The van der Waals surface area contributed by atoms with Crippen LogP contribution in [-0.2, 0) is 0 Å². The van der Waals surface area contributed by atoms with Gasteiger partial charge < -0.3 is 5.73 Å². The molecule has 0 radical (unpaired) electrons. The monoisotopic (exact) mass is 227 g/mol. The van der Waals surface area contributed by atoms with E-state index in [1.807, 2.05) is 18.2 Å². The van der Waals surface area contributed by atoms with Crippen LogP contribution in [-0.4, -0.2) is 6.54 Å². The molecule has 17 heavy (non-hydrogen) atoms. The summed E-state index contributed by atoms with van der Waals surface area (Å²) in [5.74, 6) is 6.58. The first-order valence-corrected chi connectivity index (χ1v) is 6.59. The average Bonchev–Trinajstić information content (AvgIpc) is 2.41. The number of hydrogen-bond donors (Lipinski definition) is 1. The summed E-state index contributed by atoms with van der Waals surface area (Å²) < 4.78 is 0. The Morgan fingerprint density at radius 3 is 2.41 bits per heavy atom. The van der Waals surface area contributed by atoms with Gasteiger partial charge in [-0.1, -0.05) is 49.3 Å². The van der Waals surface area contributed by atoms with Crippen molar-refractivity contribution in [3.63, 3.8) is 0 Å². The summed E-state index contributed by atoms with van der Waals surface area (Å²) in [5.41, 5.74) is 7.36. The van der Waals surface area contributed by atoms with Crippen LogP contribution in [0.25, 0.3) is 0 Å². The topological polar surface area (TPSA) is 26.0 Å². The van der Waals surface area contributed by atoms with E-state index in [-0.39, 0.29) is 0 Å². The molecule has 0 spiro atoms. The molecule has 90 valence electrons. The highest BCUT2D eigenvalue weighted by atomic mass is 14.6. The molecule has 0 aliphatic heterocycles. The Kier molecular flexibility index (Phi) is 4.23. The Balaban J connectivity index is 1.98. The smallest absolute Gasteiger partial charge is 0.0245 e. The minimum Gasteiger partial charge on any atom is -0.330 e. The molecule has 1 saturated carbocycles. The highest BCUT2D eigenvalue weighted by molar-refractivity contribution is 5.33. The molecular weight excluding hydrogens is 206 g/mol. The molecule has 1 aromatic carbocycles. The van der Waals surface area contributed by atoms with Crippen molar-refractivity contribution >= 4 is 0 Å². The Hall–Kier alpha value is -1.26. The van der Waals surface area contributed by atoms with Crippen LogP contribution in [0.15, 0.2) is 30.3 Å². The molecule has 1 aliphatic carbocycles. The van der Waals surface area contributed by atoms with Crippen LogP contribution in [0.1, 0.15) is 44.1 Å². The highest BCUT2D eigenvalue weighted by Crippen LogP contribution is 2.37. The lowest BCUT2D eigenvalue weighted by molar-refractivity contribution is 0.205. The lowest BCUT2D eigenvalue weighted by Crippen LogP contribution is -2.32. The van der Waals surface area contributed by atoms with Gasteiger partial charge >= 0.3 is 0 Å². The first kappa shape index (κ1) is 12.2. The predicted octanol–water partition coefficient (Wildman–Crippen LogP) is 3.34. The summed E-state index contributed by atoms with van der Waals surface area (Å²) in [6, 6.07) is 10.2. The lowest BCUT2D eigenvalue weighted by atomic mass is 9.72. The maximum atomic E-state index is 5.95. The molecule has 0 heterocycles. The minimum absolute atomic E-state index is 0.306. The van der Waals surface area contributed by atoms with Gasteiger partial charge in [-0.2, -0.15) is 0 Å². The van der Waals surface area contributed by atoms with Gasteiger partial charge in [-0.25, -0.2) is 0 Å². The molecular formula is C16H21N. The van der Waals surface area contributed by atoms with Gasteiger partial charge in [0.15, 0.2) is 0 Å². The van der Waals surface area contributed by atoms with E-state index in [1.54, 1.807) is 0 Å². The zero-order valence-electron chi connectivity index (χ0n) is 10.4. The summed E-state index contributed by atoms with van der Waals surface area (Å²) in [5, 5.41) is 0. The Bertz CT molecular complexity index is 391. The van der Waals surface area contributed by atoms with Gasteiger partial charge in [0.1, 0.15) is 0 Å². The third-order valence-electron chi connectivity index (χ3n) is 3.82. The molecule has 2 N–H and O–H groups in total. The normalized spacial score (nSPS) is 18.2. The fourth-order valence-electron chi connectivity index (χ4n) is 2.61. The van der Waals surface area contributed by atoms with E-state index < -0.39 is 0 Å². The first-order valence-electron chi connectivity index (χ1n) is 6.59. The predicted molar refractivity (Wildman–Crippen MR) is 72.5 cm³/mol. The summed E-state index contributed by atoms with van der Waals surface area (Å²) in [6.45, 7) is 0.788. The standard InChI is InChI=1S/C16H21N/c17-14-16(11-5-2-6-12-16)13-7-10-15-8-3-1-4-9-15/h1,3-4,8-9H,2,5-6,11-14,17H2. The SMILES string of the molecule is NCC1(CC#Cc2ccccc2)CCCCC1. The van der Waals surface area contributed by atoms with E-state index in [0.717, 1.165) is 18.5 Å². The molecule has 1 nitrogen and oxygen atoms in total. The van der Waals surface area contributed by atoms with Gasteiger partial charge in [-0.15, -0.1) is 0 Å². The van der Waals surface area contributed by atoms with Gasteiger partial charge in [0.25, 0.3) is 0 Å². The van der Waals surface area contributed by atoms with Crippen molar-refractivity contribution in [1.29, 1.82) is 0 Å². The van der Waals surface area contributed by atoms with Gasteiger partial charge in [0.2, 0.25) is 0 Å². The summed E-state index contributed by atoms with van der Waals surface area (Å²) in [4.78, 5) is 0. The van der Waals surface area contributed by atoms with E-state index in [1.165, 1.54) is 32.1 Å². The summed E-state index contributed by atoms with van der Waals surface area (Å²) in [7, 11) is 0. The molecule has 0 saturated heterocycles. The quantitative estimate of drug-likeness (QED) is 0.770. The fraction of sp³-hybridized carbons (Fsp3) is 0.500. The second kappa shape index (κ2) is 5.89. The van der Waals surface area contributed by atoms with Gasteiger partial charge in [0.05, 0.1) is 0 Å². The molecule has 1 aliphatic rings. The van der Waals surface area contributed by atoms with E-state index in [9.17, 15) is 0 Å². The van der Waals surface area contributed by atoms with Crippen LogP contribution in [0.4, 0.5) is 0 Å². The Morgan fingerprint density at radius 1 is 1.06 bits per heavy atom. The Labute approximate surface area is 104 Å². The van der Waals surface area contributed by atoms with Crippen molar-refractivity contribution in [1.82, 2.24) is 0 Å².